The first-order chi connectivity index (χ1) is 10.7. The highest BCUT2D eigenvalue weighted by Crippen LogP contribution is 2.23. The van der Waals surface area contributed by atoms with Crippen LogP contribution in [0.2, 0.25) is 0 Å². The smallest absolute Gasteiger partial charge is 0.335 e. The number of aromatic nitrogens is 1. The molecule has 0 spiro atoms. The van der Waals surface area contributed by atoms with E-state index in [-0.39, 0.29) is 12.4 Å². The van der Waals surface area contributed by atoms with E-state index in [2.05, 4.69) is 11.9 Å². The molecule has 0 unspecified atom stereocenters. The van der Waals surface area contributed by atoms with E-state index in [9.17, 15) is 9.59 Å². The highest BCUT2D eigenvalue weighted by molar-refractivity contribution is 6.09. The number of carbonyl (C=O) groups excluding carboxylic acids is 2. The molecule has 1 fully saturated rings. The summed E-state index contributed by atoms with van der Waals surface area (Å²) in [6, 6.07) is 5.87. The van der Waals surface area contributed by atoms with E-state index < -0.39 is 12.1 Å². The van der Waals surface area contributed by atoms with Crippen LogP contribution in [0.15, 0.2) is 24.4 Å². The quantitative estimate of drug-likeness (QED) is 0.681. The first-order valence-electron chi connectivity index (χ1n) is 7.61. The standard InChI is InChI=1S/C17H19NO4/c1-2-11-5-3-6-12-13(9-18-16(11)12)14(19)10-22-17(20)15-7-4-8-21-15/h3,5-6,9,15,18H,2,4,7-8,10H2,1H3/t15-/m0/s1. The fourth-order valence-electron chi connectivity index (χ4n) is 2.81. The van der Waals surface area contributed by atoms with Gasteiger partial charge in [-0.15, -0.1) is 0 Å². The monoisotopic (exact) mass is 301 g/mol. The van der Waals surface area contributed by atoms with E-state index in [1.807, 2.05) is 18.2 Å². The third-order valence-electron chi connectivity index (χ3n) is 4.02. The zero-order chi connectivity index (χ0) is 15.5. The molecule has 1 aromatic carbocycles. The Kier molecular flexibility index (Phi) is 4.24. The fourth-order valence-corrected chi connectivity index (χ4v) is 2.81. The van der Waals surface area contributed by atoms with Crippen LogP contribution in [0.5, 0.6) is 0 Å². The van der Waals surface area contributed by atoms with Crippen molar-refractivity contribution in [3.05, 3.63) is 35.5 Å². The fraction of sp³-hybridized carbons (Fsp3) is 0.412. The minimum Gasteiger partial charge on any atom is -0.455 e. The lowest BCUT2D eigenvalue weighted by molar-refractivity contribution is -0.153. The van der Waals surface area contributed by atoms with Crippen LogP contribution in [0.3, 0.4) is 0 Å². The van der Waals surface area contributed by atoms with E-state index in [1.165, 1.54) is 0 Å². The number of rotatable bonds is 5. The zero-order valence-corrected chi connectivity index (χ0v) is 12.6. The van der Waals surface area contributed by atoms with Crippen molar-refractivity contribution in [2.24, 2.45) is 0 Å². The lowest BCUT2D eigenvalue weighted by Gasteiger charge is -2.08. The number of fused-ring (bicyclic) bond motifs is 1. The minimum atomic E-state index is -0.512. The van der Waals surface area contributed by atoms with Crippen molar-refractivity contribution in [2.75, 3.05) is 13.2 Å². The van der Waals surface area contributed by atoms with Gasteiger partial charge in [-0.25, -0.2) is 4.79 Å². The zero-order valence-electron chi connectivity index (χ0n) is 12.6. The first kappa shape index (κ1) is 14.8. The number of aromatic amines is 1. The molecule has 116 valence electrons. The third kappa shape index (κ3) is 2.76. The Bertz CT molecular complexity index is 698. The summed E-state index contributed by atoms with van der Waals surface area (Å²) < 4.78 is 10.3. The van der Waals surface area contributed by atoms with Crippen LogP contribution in [0.4, 0.5) is 0 Å². The number of Topliss-reactive ketones (excluding diaryl/α,β-unsaturated/α-hetero) is 1. The molecule has 0 radical (unpaired) electrons. The van der Waals surface area contributed by atoms with Gasteiger partial charge in [0.1, 0.15) is 0 Å². The van der Waals surface area contributed by atoms with Gasteiger partial charge >= 0.3 is 5.97 Å². The lowest BCUT2D eigenvalue weighted by Crippen LogP contribution is -2.24. The minimum absolute atomic E-state index is 0.203. The van der Waals surface area contributed by atoms with Crippen molar-refractivity contribution in [1.82, 2.24) is 4.98 Å². The van der Waals surface area contributed by atoms with Crippen LogP contribution in [0.1, 0.15) is 35.7 Å². The van der Waals surface area contributed by atoms with E-state index >= 15 is 0 Å². The molecular weight excluding hydrogens is 282 g/mol. The second-order valence-electron chi connectivity index (χ2n) is 5.43. The third-order valence-corrected chi connectivity index (χ3v) is 4.02. The lowest BCUT2D eigenvalue weighted by atomic mass is 10.1. The predicted molar refractivity (Wildman–Crippen MR) is 81.9 cm³/mol. The average molecular weight is 301 g/mol. The Labute approximate surface area is 128 Å². The van der Waals surface area contributed by atoms with Gasteiger partial charge in [0.2, 0.25) is 5.78 Å². The summed E-state index contributed by atoms with van der Waals surface area (Å²) >= 11 is 0. The van der Waals surface area contributed by atoms with Crippen LogP contribution in [-0.4, -0.2) is 36.1 Å². The Balaban J connectivity index is 1.71. The molecule has 0 amide bonds. The van der Waals surface area contributed by atoms with Gasteiger partial charge in [0.25, 0.3) is 0 Å². The Morgan fingerprint density at radius 3 is 3.00 bits per heavy atom. The molecule has 1 atom stereocenters. The largest absolute Gasteiger partial charge is 0.455 e. The number of hydrogen-bond acceptors (Lipinski definition) is 4. The molecule has 5 heteroatoms. The Hall–Kier alpha value is -2.14. The molecule has 0 bridgehead atoms. The van der Waals surface area contributed by atoms with Gasteiger partial charge < -0.3 is 14.5 Å². The first-order valence-corrected chi connectivity index (χ1v) is 7.61. The van der Waals surface area contributed by atoms with E-state index in [0.29, 0.717) is 18.6 Å². The number of nitrogens with one attached hydrogen (secondary N) is 1. The molecule has 3 rings (SSSR count). The number of esters is 1. The Morgan fingerprint density at radius 1 is 1.41 bits per heavy atom. The van der Waals surface area contributed by atoms with Crippen molar-refractivity contribution < 1.29 is 19.1 Å². The predicted octanol–water partition coefficient (Wildman–Crippen LogP) is 2.64. The van der Waals surface area contributed by atoms with E-state index in [0.717, 1.165) is 29.3 Å². The number of H-pyrrole nitrogens is 1. The topological polar surface area (TPSA) is 68.4 Å². The number of carbonyl (C=O) groups is 2. The molecule has 1 saturated heterocycles. The van der Waals surface area contributed by atoms with Crippen LogP contribution in [0, 0.1) is 0 Å². The molecule has 5 nitrogen and oxygen atoms in total. The number of ether oxygens (including phenoxy) is 2. The van der Waals surface area contributed by atoms with Crippen LogP contribution in [0.25, 0.3) is 10.9 Å². The SMILES string of the molecule is CCc1cccc2c(C(=O)COC(=O)[C@@H]3CCCO3)c[nH]c12. The van der Waals surface area contributed by atoms with E-state index in [1.54, 1.807) is 6.20 Å². The molecule has 0 aliphatic carbocycles. The van der Waals surface area contributed by atoms with Crippen LogP contribution < -0.4 is 0 Å². The maximum atomic E-state index is 12.3. The maximum absolute atomic E-state index is 12.3. The molecule has 1 aliphatic heterocycles. The highest BCUT2D eigenvalue weighted by Gasteiger charge is 2.26. The second-order valence-corrected chi connectivity index (χ2v) is 5.43. The summed E-state index contributed by atoms with van der Waals surface area (Å²) in [5.74, 6) is -0.647. The van der Waals surface area contributed by atoms with Gasteiger partial charge in [0, 0.05) is 29.3 Å². The molecule has 0 saturated carbocycles. The van der Waals surface area contributed by atoms with Gasteiger partial charge in [-0.1, -0.05) is 25.1 Å². The van der Waals surface area contributed by atoms with Gasteiger partial charge in [0.05, 0.1) is 0 Å². The van der Waals surface area contributed by atoms with Crippen molar-refractivity contribution in [3.8, 4) is 0 Å². The molecule has 2 heterocycles. The summed E-state index contributed by atoms with van der Waals surface area (Å²) in [5, 5.41) is 0.873. The van der Waals surface area contributed by atoms with E-state index in [4.69, 9.17) is 9.47 Å². The van der Waals surface area contributed by atoms with Crippen molar-refractivity contribution in [3.63, 3.8) is 0 Å². The molecule has 2 aromatic rings. The Morgan fingerprint density at radius 2 is 2.27 bits per heavy atom. The summed E-state index contributed by atoms with van der Waals surface area (Å²) in [6.45, 7) is 2.40. The van der Waals surface area contributed by atoms with Gasteiger partial charge in [-0.05, 0) is 24.8 Å². The van der Waals surface area contributed by atoms with Gasteiger partial charge in [-0.3, -0.25) is 4.79 Å². The average Bonchev–Trinajstić information content (AvgIpc) is 3.20. The van der Waals surface area contributed by atoms with Gasteiger partial charge in [-0.2, -0.15) is 0 Å². The highest BCUT2D eigenvalue weighted by atomic mass is 16.6. The number of para-hydroxylation sites is 1. The van der Waals surface area contributed by atoms with Crippen molar-refractivity contribution in [2.45, 2.75) is 32.3 Å². The number of hydrogen-bond donors (Lipinski definition) is 1. The number of ketones is 1. The molecular formula is C17H19NO4. The second kappa shape index (κ2) is 6.32. The molecule has 1 N–H and O–H groups in total. The molecule has 22 heavy (non-hydrogen) atoms. The summed E-state index contributed by atoms with van der Waals surface area (Å²) in [6.07, 6.45) is 3.59. The van der Waals surface area contributed by atoms with Crippen molar-refractivity contribution >= 4 is 22.7 Å². The summed E-state index contributed by atoms with van der Waals surface area (Å²) in [5.41, 5.74) is 2.69. The molecule has 1 aliphatic rings. The van der Waals surface area contributed by atoms with Crippen molar-refractivity contribution in [1.29, 1.82) is 0 Å². The number of benzene rings is 1. The molecule has 1 aromatic heterocycles. The summed E-state index contributed by atoms with van der Waals surface area (Å²) in [4.78, 5) is 27.2. The summed E-state index contributed by atoms with van der Waals surface area (Å²) in [7, 11) is 0. The maximum Gasteiger partial charge on any atom is 0.335 e. The van der Waals surface area contributed by atoms with Crippen LogP contribution >= 0.6 is 0 Å². The van der Waals surface area contributed by atoms with Gasteiger partial charge in [0.15, 0.2) is 12.7 Å². The normalized spacial score (nSPS) is 17.8. The van der Waals surface area contributed by atoms with Crippen LogP contribution in [-0.2, 0) is 20.7 Å². The number of aryl methyl sites for hydroxylation is 1.